The van der Waals surface area contributed by atoms with Crippen LogP contribution in [0.5, 0.6) is 5.75 Å². The summed E-state index contributed by atoms with van der Waals surface area (Å²) in [6.45, 7) is -1.87. The molecule has 1 N–H and O–H groups in total. The second-order valence-electron chi connectivity index (χ2n) is 10.6. The lowest BCUT2D eigenvalue weighted by molar-refractivity contribution is -0.153. The number of likely N-dealkylation sites (tertiary alicyclic amines) is 1. The van der Waals surface area contributed by atoms with Gasteiger partial charge in [0.05, 0.1) is 26.7 Å². The van der Waals surface area contributed by atoms with Crippen LogP contribution in [-0.4, -0.2) is 61.3 Å². The number of hydrogen-bond acceptors (Lipinski definition) is 6. The molecule has 1 aliphatic heterocycles. The van der Waals surface area contributed by atoms with E-state index in [1.54, 1.807) is 12.1 Å². The van der Waals surface area contributed by atoms with Gasteiger partial charge in [-0.25, -0.2) is 8.42 Å². The normalized spacial score (nSPS) is 22.5. The lowest BCUT2D eigenvalue weighted by Crippen LogP contribution is -2.51. The fourth-order valence-corrected chi connectivity index (χ4v) is 7.64. The summed E-state index contributed by atoms with van der Waals surface area (Å²) < 4.78 is 70.5. The molecule has 0 bridgehead atoms. The molecule has 0 aromatic heterocycles. The van der Waals surface area contributed by atoms with Crippen molar-refractivity contribution in [2.75, 3.05) is 13.2 Å². The van der Waals surface area contributed by atoms with Gasteiger partial charge < -0.3 is 15.0 Å². The number of alkyl halides is 3. The van der Waals surface area contributed by atoms with Crippen LogP contribution in [0.15, 0.2) is 51.8 Å². The number of nitriles is 1. The first-order valence-corrected chi connectivity index (χ1v) is 15.4. The Morgan fingerprint density at radius 3 is 2.34 bits per heavy atom. The van der Waals surface area contributed by atoms with Crippen molar-refractivity contribution >= 4 is 49.2 Å². The summed E-state index contributed by atoms with van der Waals surface area (Å²) >= 11 is 9.56. The maximum atomic E-state index is 14.0. The molecule has 2 saturated carbocycles. The summed E-state index contributed by atoms with van der Waals surface area (Å²) in [5, 5.41) is 10.6. The second kappa shape index (κ2) is 10.5. The third-order valence-electron chi connectivity index (χ3n) is 7.76. The Kier molecular flexibility index (Phi) is 7.58. The standard InChI is InChI=1S/C27H24BrClF3N3O5S/c28-17-3-1-16(2-4-17)26(9-10-26)24(37)35-13-19(12-21(35)23(36)34-25(14-33)7-8-25)41(38,39)22-6-5-18(11-20(22)29)40-15-27(30,31)32/h1-6,11,19,21H,7-10,12-13,15H2,(H,34,36)/t19-,21+/m1/s1. The zero-order valence-electron chi connectivity index (χ0n) is 21.4. The molecule has 3 fully saturated rings. The topological polar surface area (TPSA) is 117 Å². The Hall–Kier alpha value is -2.82. The van der Waals surface area contributed by atoms with E-state index in [1.807, 2.05) is 12.1 Å². The third-order valence-corrected chi connectivity index (χ3v) is 10.9. The van der Waals surface area contributed by atoms with Crippen LogP contribution in [0.25, 0.3) is 0 Å². The van der Waals surface area contributed by atoms with Crippen molar-refractivity contribution in [1.82, 2.24) is 10.2 Å². The summed E-state index contributed by atoms with van der Waals surface area (Å²) in [7, 11) is -4.25. The quantitative estimate of drug-likeness (QED) is 0.435. The number of ether oxygens (including phenoxy) is 1. The first-order valence-electron chi connectivity index (χ1n) is 12.7. The van der Waals surface area contributed by atoms with E-state index in [0.29, 0.717) is 25.7 Å². The van der Waals surface area contributed by atoms with Gasteiger partial charge >= 0.3 is 6.18 Å². The number of sulfone groups is 1. The lowest BCUT2D eigenvalue weighted by Gasteiger charge is -2.29. The molecule has 2 aliphatic carbocycles. The summed E-state index contributed by atoms with van der Waals surface area (Å²) in [6.07, 6.45) is -2.85. The molecule has 1 heterocycles. The van der Waals surface area contributed by atoms with Gasteiger partial charge in [-0.3, -0.25) is 9.59 Å². The highest BCUT2D eigenvalue weighted by Crippen LogP contribution is 2.51. The number of carbonyl (C=O) groups is 2. The summed E-state index contributed by atoms with van der Waals surface area (Å²) in [6, 6.07) is 11.3. The maximum Gasteiger partial charge on any atom is 0.422 e. The van der Waals surface area contributed by atoms with Crippen LogP contribution in [0.2, 0.25) is 5.02 Å². The Morgan fingerprint density at radius 2 is 1.80 bits per heavy atom. The third kappa shape index (κ3) is 5.92. The van der Waals surface area contributed by atoms with Crippen molar-refractivity contribution < 1.29 is 35.9 Å². The van der Waals surface area contributed by atoms with Gasteiger partial charge in [-0.05, 0) is 61.9 Å². The zero-order chi connectivity index (χ0) is 29.8. The van der Waals surface area contributed by atoms with Crippen LogP contribution in [0.1, 0.15) is 37.7 Å². The van der Waals surface area contributed by atoms with Crippen molar-refractivity contribution in [2.24, 2.45) is 0 Å². The van der Waals surface area contributed by atoms with Crippen LogP contribution >= 0.6 is 27.5 Å². The van der Waals surface area contributed by atoms with Gasteiger partial charge in [0.25, 0.3) is 0 Å². The second-order valence-corrected chi connectivity index (χ2v) is 14.2. The summed E-state index contributed by atoms with van der Waals surface area (Å²) in [5.41, 5.74) is -1.16. The number of nitrogens with zero attached hydrogens (tertiary/aromatic N) is 2. The zero-order valence-corrected chi connectivity index (χ0v) is 24.5. The van der Waals surface area contributed by atoms with E-state index in [9.17, 15) is 36.4 Å². The number of benzene rings is 2. The molecular formula is C27H24BrClF3N3O5S. The van der Waals surface area contributed by atoms with E-state index in [4.69, 9.17) is 11.6 Å². The molecule has 5 rings (SSSR count). The Labute approximate surface area is 247 Å². The average Bonchev–Trinajstić information content (AvgIpc) is 3.83. The molecule has 3 aliphatic rings. The number of amides is 2. The van der Waals surface area contributed by atoms with Crippen LogP contribution in [0.4, 0.5) is 13.2 Å². The van der Waals surface area contributed by atoms with Gasteiger partial charge in [-0.2, -0.15) is 18.4 Å². The highest BCUT2D eigenvalue weighted by molar-refractivity contribution is 9.10. The van der Waals surface area contributed by atoms with E-state index in [1.165, 1.54) is 4.90 Å². The minimum atomic E-state index is -4.59. The molecule has 2 amide bonds. The van der Waals surface area contributed by atoms with Crippen molar-refractivity contribution in [3.63, 3.8) is 0 Å². The minimum Gasteiger partial charge on any atom is -0.484 e. The molecular weight excluding hydrogens is 651 g/mol. The predicted molar refractivity (Wildman–Crippen MR) is 145 cm³/mol. The number of carbonyl (C=O) groups excluding carboxylic acids is 2. The van der Waals surface area contributed by atoms with Crippen molar-refractivity contribution in [3.8, 4) is 11.8 Å². The molecule has 14 heteroatoms. The SMILES string of the molecule is N#CC1(NC(=O)[C@@H]2C[C@@H](S(=O)(=O)c3ccc(OCC(F)(F)F)cc3Cl)CN2C(=O)C2(c3ccc(Br)cc3)CC2)CC1. The highest BCUT2D eigenvalue weighted by atomic mass is 79.9. The van der Waals surface area contributed by atoms with Gasteiger partial charge in [-0.1, -0.05) is 39.7 Å². The molecule has 41 heavy (non-hydrogen) atoms. The molecule has 1 saturated heterocycles. The van der Waals surface area contributed by atoms with Crippen molar-refractivity contribution in [1.29, 1.82) is 5.26 Å². The lowest BCUT2D eigenvalue weighted by atomic mass is 9.94. The Morgan fingerprint density at radius 1 is 1.15 bits per heavy atom. The average molecular weight is 675 g/mol. The molecule has 2 aromatic rings. The molecule has 0 unspecified atom stereocenters. The molecule has 8 nitrogen and oxygen atoms in total. The maximum absolute atomic E-state index is 14.0. The van der Waals surface area contributed by atoms with E-state index in [-0.39, 0.29) is 34.5 Å². The first-order chi connectivity index (χ1) is 19.2. The number of nitrogens with one attached hydrogen (secondary N) is 1. The van der Waals surface area contributed by atoms with Gasteiger partial charge in [0.2, 0.25) is 11.8 Å². The van der Waals surface area contributed by atoms with Crippen LogP contribution < -0.4 is 10.1 Å². The van der Waals surface area contributed by atoms with E-state index in [2.05, 4.69) is 32.1 Å². The van der Waals surface area contributed by atoms with Crippen molar-refractivity contribution in [2.45, 2.75) is 65.4 Å². The van der Waals surface area contributed by atoms with Gasteiger partial charge in [0, 0.05) is 17.1 Å². The summed E-state index contributed by atoms with van der Waals surface area (Å²) in [4.78, 5) is 28.3. The van der Waals surface area contributed by atoms with Crippen LogP contribution in [0, 0.1) is 11.3 Å². The number of halogens is 5. The fourth-order valence-electron chi connectivity index (χ4n) is 5.15. The number of rotatable bonds is 8. The van der Waals surface area contributed by atoms with Crippen molar-refractivity contribution in [3.05, 3.63) is 57.5 Å². The predicted octanol–water partition coefficient (Wildman–Crippen LogP) is 4.69. The monoisotopic (exact) mass is 673 g/mol. The Balaban J connectivity index is 1.43. The van der Waals surface area contributed by atoms with E-state index in [0.717, 1.165) is 28.2 Å². The van der Waals surface area contributed by atoms with Gasteiger partial charge in [-0.15, -0.1) is 0 Å². The van der Waals surface area contributed by atoms with Gasteiger partial charge in [0.15, 0.2) is 16.4 Å². The van der Waals surface area contributed by atoms with Crippen LogP contribution in [-0.2, 0) is 24.8 Å². The summed E-state index contributed by atoms with van der Waals surface area (Å²) in [5.74, 6) is -1.24. The molecule has 218 valence electrons. The highest BCUT2D eigenvalue weighted by Gasteiger charge is 2.58. The van der Waals surface area contributed by atoms with E-state index < -0.39 is 50.8 Å². The largest absolute Gasteiger partial charge is 0.484 e. The molecule has 0 radical (unpaired) electrons. The minimum absolute atomic E-state index is 0.236. The van der Waals surface area contributed by atoms with Crippen LogP contribution in [0.3, 0.4) is 0 Å². The Bertz CT molecular complexity index is 1540. The molecule has 2 atom stereocenters. The molecule has 2 aromatic carbocycles. The smallest absolute Gasteiger partial charge is 0.422 e. The molecule has 0 spiro atoms. The number of hydrogen-bond donors (Lipinski definition) is 1. The van der Waals surface area contributed by atoms with Gasteiger partial charge in [0.1, 0.15) is 17.3 Å². The fraction of sp³-hybridized carbons (Fsp3) is 0.444. The first kappa shape index (κ1) is 29.7. The van der Waals surface area contributed by atoms with E-state index >= 15 is 0 Å².